The average Bonchev–Trinajstić information content (AvgIpc) is 2.82. The van der Waals surface area contributed by atoms with Crippen LogP contribution in [-0.2, 0) is 6.42 Å². The second-order valence-electron chi connectivity index (χ2n) is 9.36. The molecule has 31 heavy (non-hydrogen) atoms. The maximum Gasteiger partial charge on any atom is 0.255 e. The van der Waals surface area contributed by atoms with Crippen molar-refractivity contribution >= 4 is 11.7 Å². The van der Waals surface area contributed by atoms with Crippen molar-refractivity contribution in [1.29, 1.82) is 0 Å². The van der Waals surface area contributed by atoms with E-state index in [4.69, 9.17) is 10.5 Å². The largest absolute Gasteiger partial charge is 0.497 e. The molecule has 3 fully saturated rings. The van der Waals surface area contributed by atoms with Crippen LogP contribution in [0.2, 0.25) is 0 Å². The monoisotopic (exact) mass is 420 g/mol. The standard InChI is InChI=1S/C25H32N4O2/c1-31-21-6-4-5-17(11-21)12-23-20-13-19(22-7-2-3-10-29(22)23)15-28(16-20)25(30)18-8-9-24(26)27-14-18/h4-6,8-9,11,14,19-20,22-23H,2-3,7,10,12-13,15-16H2,1H3,(H2,26,27)/t19-,20+,22+,23+/m1/s1. The minimum absolute atomic E-state index is 0.0894. The van der Waals surface area contributed by atoms with E-state index in [2.05, 4.69) is 33.0 Å². The highest BCUT2D eigenvalue weighted by Crippen LogP contribution is 2.42. The van der Waals surface area contributed by atoms with Gasteiger partial charge < -0.3 is 15.4 Å². The fourth-order valence-corrected chi connectivity index (χ4v) is 6.11. The molecular formula is C25H32N4O2. The smallest absolute Gasteiger partial charge is 0.255 e. The average molecular weight is 421 g/mol. The maximum absolute atomic E-state index is 13.3. The zero-order chi connectivity index (χ0) is 21.4. The Labute approximate surface area is 184 Å². The summed E-state index contributed by atoms with van der Waals surface area (Å²) in [6.45, 7) is 2.85. The number of fused-ring (bicyclic) bond motifs is 4. The number of likely N-dealkylation sites (tertiary alicyclic amines) is 1. The molecule has 4 heterocycles. The van der Waals surface area contributed by atoms with Crippen LogP contribution in [0.1, 0.15) is 41.6 Å². The number of aromatic nitrogens is 1. The molecule has 1 amide bonds. The van der Waals surface area contributed by atoms with Gasteiger partial charge in [0.1, 0.15) is 11.6 Å². The summed E-state index contributed by atoms with van der Waals surface area (Å²) < 4.78 is 5.46. The van der Waals surface area contributed by atoms with Crippen LogP contribution < -0.4 is 10.5 Å². The molecule has 0 saturated carbocycles. The normalized spacial score (nSPS) is 28.1. The zero-order valence-corrected chi connectivity index (χ0v) is 18.2. The van der Waals surface area contributed by atoms with Gasteiger partial charge in [0.15, 0.2) is 0 Å². The summed E-state index contributed by atoms with van der Waals surface area (Å²) in [5.74, 6) is 2.50. The summed E-state index contributed by atoms with van der Waals surface area (Å²) in [6.07, 6.45) is 7.67. The van der Waals surface area contributed by atoms with Gasteiger partial charge in [-0.1, -0.05) is 18.6 Å². The Hall–Kier alpha value is -2.60. The molecule has 0 unspecified atom stereocenters. The molecular weight excluding hydrogens is 388 g/mol. The van der Waals surface area contributed by atoms with Gasteiger partial charge in [-0.25, -0.2) is 4.98 Å². The number of benzene rings is 1. The molecule has 2 N–H and O–H groups in total. The lowest BCUT2D eigenvalue weighted by Crippen LogP contribution is -2.64. The van der Waals surface area contributed by atoms with Crippen molar-refractivity contribution in [3.05, 3.63) is 53.7 Å². The zero-order valence-electron chi connectivity index (χ0n) is 18.2. The van der Waals surface area contributed by atoms with E-state index < -0.39 is 0 Å². The Morgan fingerprint density at radius 1 is 1.19 bits per heavy atom. The highest BCUT2D eigenvalue weighted by molar-refractivity contribution is 5.94. The summed E-state index contributed by atoms with van der Waals surface area (Å²) in [5.41, 5.74) is 7.67. The van der Waals surface area contributed by atoms with Crippen LogP contribution in [0.25, 0.3) is 0 Å². The van der Waals surface area contributed by atoms with E-state index in [1.54, 1.807) is 25.4 Å². The Kier molecular flexibility index (Phi) is 5.57. The van der Waals surface area contributed by atoms with Crippen molar-refractivity contribution < 1.29 is 9.53 Å². The molecule has 2 bridgehead atoms. The minimum atomic E-state index is 0.0894. The fourth-order valence-electron chi connectivity index (χ4n) is 6.11. The molecule has 0 radical (unpaired) electrons. The number of piperidine rings is 3. The van der Waals surface area contributed by atoms with Crippen LogP contribution in [0.4, 0.5) is 5.82 Å². The van der Waals surface area contributed by atoms with Crippen LogP contribution in [0, 0.1) is 11.8 Å². The molecule has 0 spiro atoms. The first kappa shape index (κ1) is 20.3. The molecule has 0 aliphatic carbocycles. The van der Waals surface area contributed by atoms with E-state index in [0.29, 0.717) is 35.3 Å². The lowest BCUT2D eigenvalue weighted by Gasteiger charge is -2.57. The predicted octanol–water partition coefficient (Wildman–Crippen LogP) is 3.23. The highest BCUT2D eigenvalue weighted by atomic mass is 16.5. The lowest BCUT2D eigenvalue weighted by molar-refractivity contribution is -0.0642. The molecule has 2 aromatic rings. The molecule has 6 heteroatoms. The summed E-state index contributed by atoms with van der Waals surface area (Å²) in [7, 11) is 1.72. The van der Waals surface area contributed by atoms with E-state index in [-0.39, 0.29) is 5.91 Å². The number of nitrogen functional groups attached to an aromatic ring is 1. The Morgan fingerprint density at radius 3 is 2.87 bits per heavy atom. The van der Waals surface area contributed by atoms with E-state index in [0.717, 1.165) is 25.3 Å². The third-order valence-corrected chi connectivity index (χ3v) is 7.52. The van der Waals surface area contributed by atoms with Crippen LogP contribution >= 0.6 is 0 Å². The molecule has 3 aliphatic rings. The van der Waals surface area contributed by atoms with Crippen LogP contribution in [0.3, 0.4) is 0 Å². The van der Waals surface area contributed by atoms with Gasteiger partial charge in [-0.2, -0.15) is 0 Å². The second kappa shape index (κ2) is 8.50. The Morgan fingerprint density at radius 2 is 2.06 bits per heavy atom. The van der Waals surface area contributed by atoms with Crippen LogP contribution in [0.15, 0.2) is 42.6 Å². The number of nitrogens with two attached hydrogens (primary N) is 1. The van der Waals surface area contributed by atoms with Crippen LogP contribution in [0.5, 0.6) is 5.75 Å². The molecule has 5 rings (SSSR count). The minimum Gasteiger partial charge on any atom is -0.497 e. The number of ether oxygens (including phenoxy) is 1. The van der Waals surface area contributed by atoms with E-state index in [9.17, 15) is 4.79 Å². The fraction of sp³-hybridized carbons (Fsp3) is 0.520. The summed E-state index contributed by atoms with van der Waals surface area (Å²) >= 11 is 0. The van der Waals surface area contributed by atoms with Crippen molar-refractivity contribution in [2.75, 3.05) is 32.5 Å². The molecule has 6 nitrogen and oxygen atoms in total. The van der Waals surface area contributed by atoms with Crippen molar-refractivity contribution in [3.8, 4) is 5.75 Å². The van der Waals surface area contributed by atoms with Gasteiger partial charge in [-0.05, 0) is 73.9 Å². The van der Waals surface area contributed by atoms with Crippen LogP contribution in [-0.4, -0.2) is 59.5 Å². The number of methoxy groups -OCH3 is 1. The van der Waals surface area contributed by atoms with Crippen molar-refractivity contribution in [1.82, 2.24) is 14.8 Å². The molecule has 3 saturated heterocycles. The topological polar surface area (TPSA) is 71.7 Å². The van der Waals surface area contributed by atoms with Crippen molar-refractivity contribution in [2.24, 2.45) is 11.8 Å². The number of amides is 1. The quantitative estimate of drug-likeness (QED) is 0.822. The third-order valence-electron chi connectivity index (χ3n) is 7.52. The van der Waals surface area contributed by atoms with Gasteiger partial charge in [-0.3, -0.25) is 9.69 Å². The van der Waals surface area contributed by atoms with E-state index in [1.165, 1.54) is 37.8 Å². The van der Waals surface area contributed by atoms with Gasteiger partial charge >= 0.3 is 0 Å². The number of carbonyl (C=O) groups excluding carboxylic acids is 1. The SMILES string of the molecule is COc1cccc(C[C@H]2[C@H]3C[C@H](CN(C(=O)c4ccc(N)nc4)C3)[C@@H]3CCCCN32)c1. The van der Waals surface area contributed by atoms with Gasteiger partial charge in [0, 0.05) is 31.4 Å². The first-order valence-corrected chi connectivity index (χ1v) is 11.5. The Balaban J connectivity index is 1.40. The van der Waals surface area contributed by atoms with Gasteiger partial charge in [0.2, 0.25) is 0 Å². The summed E-state index contributed by atoms with van der Waals surface area (Å²) in [5, 5.41) is 0. The number of rotatable bonds is 4. The maximum atomic E-state index is 13.3. The number of pyridine rings is 1. The molecule has 3 aliphatic heterocycles. The number of carbonyl (C=O) groups is 1. The van der Waals surface area contributed by atoms with Gasteiger partial charge in [0.05, 0.1) is 12.7 Å². The highest BCUT2D eigenvalue weighted by Gasteiger charge is 2.47. The van der Waals surface area contributed by atoms with Crippen molar-refractivity contribution in [2.45, 2.75) is 44.2 Å². The molecule has 1 aromatic carbocycles. The van der Waals surface area contributed by atoms with Crippen molar-refractivity contribution in [3.63, 3.8) is 0 Å². The number of nitrogens with zero attached hydrogens (tertiary/aromatic N) is 3. The molecule has 164 valence electrons. The molecule has 1 aromatic heterocycles. The first-order valence-electron chi connectivity index (χ1n) is 11.5. The lowest BCUT2D eigenvalue weighted by atomic mass is 9.71. The third kappa shape index (κ3) is 4.01. The summed E-state index contributed by atoms with van der Waals surface area (Å²) in [6, 6.07) is 13.0. The summed E-state index contributed by atoms with van der Waals surface area (Å²) in [4.78, 5) is 22.3. The predicted molar refractivity (Wildman–Crippen MR) is 121 cm³/mol. The number of hydrogen-bond donors (Lipinski definition) is 1. The Bertz CT molecular complexity index is 931. The van der Waals surface area contributed by atoms with E-state index in [1.807, 2.05) is 6.07 Å². The first-order chi connectivity index (χ1) is 15.1. The van der Waals surface area contributed by atoms with Gasteiger partial charge in [0.25, 0.3) is 5.91 Å². The van der Waals surface area contributed by atoms with Gasteiger partial charge in [-0.15, -0.1) is 0 Å². The molecule has 4 atom stereocenters. The number of anilines is 1. The number of hydrogen-bond acceptors (Lipinski definition) is 5. The second-order valence-corrected chi connectivity index (χ2v) is 9.36. The van der Waals surface area contributed by atoms with E-state index >= 15 is 0 Å².